The van der Waals surface area contributed by atoms with Gasteiger partial charge in [-0.2, -0.15) is 0 Å². The number of H-pyrrole nitrogens is 1. The van der Waals surface area contributed by atoms with E-state index in [0.717, 1.165) is 11.4 Å². The Kier molecular flexibility index (Phi) is 3.50. The molecule has 84 valence electrons. The van der Waals surface area contributed by atoms with E-state index >= 15 is 0 Å². The number of alkyl halides is 1. The van der Waals surface area contributed by atoms with E-state index in [1.54, 1.807) is 12.4 Å². The summed E-state index contributed by atoms with van der Waals surface area (Å²) in [6.07, 6.45) is 4.20. The molecule has 0 aliphatic rings. The second-order valence-electron chi connectivity index (χ2n) is 3.24. The maximum absolute atomic E-state index is 11.6. The molecule has 0 radical (unpaired) electrons. The summed E-state index contributed by atoms with van der Waals surface area (Å²) in [5, 5.41) is 9.67. The van der Waals surface area contributed by atoms with Crippen LogP contribution < -0.4 is 5.43 Å². The van der Waals surface area contributed by atoms with Crippen molar-refractivity contribution in [2.45, 2.75) is 18.2 Å². The van der Waals surface area contributed by atoms with Gasteiger partial charge in [-0.25, -0.2) is 0 Å². The number of aromatic nitrogens is 3. The van der Waals surface area contributed by atoms with Crippen LogP contribution in [0.4, 0.5) is 0 Å². The zero-order chi connectivity index (χ0) is 11.5. The van der Waals surface area contributed by atoms with Crippen LogP contribution in [0.25, 0.3) is 10.6 Å². The van der Waals surface area contributed by atoms with Gasteiger partial charge in [-0.1, -0.05) is 34.2 Å². The summed E-state index contributed by atoms with van der Waals surface area (Å²) in [7, 11) is 0. The molecular formula is C10H10BrN3OS. The standard InChI is InChI=1S/C10H10BrN3OS/c1-2-7(11)10-14-13-9(16-10)6-5-12-4-3-8(6)15/h3-5,7H,2H2,1H3,(H,12,15). The van der Waals surface area contributed by atoms with E-state index in [0.29, 0.717) is 10.6 Å². The van der Waals surface area contributed by atoms with Crippen molar-refractivity contribution in [1.29, 1.82) is 0 Å². The van der Waals surface area contributed by atoms with E-state index in [1.807, 2.05) is 0 Å². The number of nitrogens with one attached hydrogen (secondary N) is 1. The first-order valence-corrected chi connectivity index (χ1v) is 6.60. The minimum Gasteiger partial charge on any atom is -0.367 e. The average molecular weight is 300 g/mol. The van der Waals surface area contributed by atoms with E-state index in [9.17, 15) is 4.79 Å². The Bertz CT molecular complexity index is 537. The van der Waals surface area contributed by atoms with Gasteiger partial charge in [-0.15, -0.1) is 10.2 Å². The van der Waals surface area contributed by atoms with Gasteiger partial charge in [0.2, 0.25) is 0 Å². The van der Waals surface area contributed by atoms with Crippen molar-refractivity contribution in [2.24, 2.45) is 0 Å². The molecule has 1 unspecified atom stereocenters. The maximum atomic E-state index is 11.6. The molecule has 2 heterocycles. The molecule has 0 aliphatic carbocycles. The molecule has 0 aromatic carbocycles. The van der Waals surface area contributed by atoms with Crippen LogP contribution in [-0.2, 0) is 0 Å². The van der Waals surface area contributed by atoms with Crippen LogP contribution in [0.15, 0.2) is 23.3 Å². The minimum absolute atomic E-state index is 0.0379. The van der Waals surface area contributed by atoms with Crippen molar-refractivity contribution in [1.82, 2.24) is 15.2 Å². The monoisotopic (exact) mass is 299 g/mol. The van der Waals surface area contributed by atoms with Crippen LogP contribution in [0.1, 0.15) is 23.2 Å². The lowest BCUT2D eigenvalue weighted by Gasteiger charge is -1.97. The highest BCUT2D eigenvalue weighted by molar-refractivity contribution is 9.09. The first-order valence-electron chi connectivity index (χ1n) is 4.87. The van der Waals surface area contributed by atoms with Crippen molar-refractivity contribution in [3.05, 3.63) is 33.7 Å². The van der Waals surface area contributed by atoms with Crippen molar-refractivity contribution in [3.8, 4) is 10.6 Å². The Hall–Kier alpha value is -1.01. The third-order valence-corrected chi connectivity index (χ3v) is 4.58. The summed E-state index contributed by atoms with van der Waals surface area (Å²) in [6, 6.07) is 1.49. The fraction of sp³-hybridized carbons (Fsp3) is 0.300. The van der Waals surface area contributed by atoms with Gasteiger partial charge in [0.1, 0.15) is 5.01 Å². The third-order valence-electron chi connectivity index (χ3n) is 2.12. The highest BCUT2D eigenvalue weighted by atomic mass is 79.9. The van der Waals surface area contributed by atoms with Gasteiger partial charge in [-0.3, -0.25) is 4.79 Å². The molecule has 16 heavy (non-hydrogen) atoms. The van der Waals surface area contributed by atoms with E-state index in [1.165, 1.54) is 17.4 Å². The first kappa shape index (κ1) is 11.5. The molecule has 0 spiro atoms. The van der Waals surface area contributed by atoms with Crippen LogP contribution in [-0.4, -0.2) is 15.2 Å². The molecule has 1 N–H and O–H groups in total. The molecule has 0 amide bonds. The van der Waals surface area contributed by atoms with Crippen molar-refractivity contribution in [3.63, 3.8) is 0 Å². The summed E-state index contributed by atoms with van der Waals surface area (Å²) in [5.74, 6) is 0. The zero-order valence-electron chi connectivity index (χ0n) is 8.61. The van der Waals surface area contributed by atoms with Gasteiger partial charge < -0.3 is 4.98 Å². The predicted molar refractivity (Wildman–Crippen MR) is 67.9 cm³/mol. The molecule has 0 saturated carbocycles. The quantitative estimate of drug-likeness (QED) is 0.887. The molecule has 4 nitrogen and oxygen atoms in total. The van der Waals surface area contributed by atoms with Gasteiger partial charge in [0, 0.05) is 18.5 Å². The maximum Gasteiger partial charge on any atom is 0.191 e. The number of halogens is 1. The molecule has 0 saturated heterocycles. The molecule has 0 fully saturated rings. The van der Waals surface area contributed by atoms with Gasteiger partial charge >= 0.3 is 0 Å². The van der Waals surface area contributed by atoms with Gasteiger partial charge in [0.05, 0.1) is 10.4 Å². The van der Waals surface area contributed by atoms with E-state index in [4.69, 9.17) is 0 Å². The van der Waals surface area contributed by atoms with Crippen LogP contribution in [0.3, 0.4) is 0 Å². The summed E-state index contributed by atoms with van der Waals surface area (Å²) >= 11 is 4.96. The largest absolute Gasteiger partial charge is 0.367 e. The van der Waals surface area contributed by atoms with Gasteiger partial charge in [-0.05, 0) is 6.42 Å². The number of hydrogen-bond acceptors (Lipinski definition) is 4. The lowest BCUT2D eigenvalue weighted by molar-refractivity contribution is 0.870. The highest BCUT2D eigenvalue weighted by Crippen LogP contribution is 2.31. The summed E-state index contributed by atoms with van der Waals surface area (Å²) in [5.41, 5.74) is 0.533. The van der Waals surface area contributed by atoms with E-state index in [-0.39, 0.29) is 10.3 Å². The fourth-order valence-corrected chi connectivity index (χ4v) is 2.53. The summed E-state index contributed by atoms with van der Waals surface area (Å²) < 4.78 is 0. The number of pyridine rings is 1. The number of nitrogens with zero attached hydrogens (tertiary/aromatic N) is 2. The molecule has 0 aliphatic heterocycles. The highest BCUT2D eigenvalue weighted by Gasteiger charge is 2.14. The predicted octanol–water partition coefficient (Wildman–Crippen LogP) is 2.74. The number of aromatic amines is 1. The van der Waals surface area contributed by atoms with Crippen molar-refractivity contribution >= 4 is 27.3 Å². The molecule has 1 atom stereocenters. The van der Waals surface area contributed by atoms with Crippen molar-refractivity contribution < 1.29 is 0 Å². The number of rotatable bonds is 3. The SMILES string of the molecule is CCC(Br)c1nnc(-c2c[nH]ccc2=O)s1. The lowest BCUT2D eigenvalue weighted by Crippen LogP contribution is -2.01. The smallest absolute Gasteiger partial charge is 0.191 e. The Labute approximate surface area is 105 Å². The van der Waals surface area contributed by atoms with Crippen molar-refractivity contribution in [2.75, 3.05) is 0 Å². The van der Waals surface area contributed by atoms with Gasteiger partial charge in [0.15, 0.2) is 10.4 Å². The Balaban J connectivity index is 2.39. The Morgan fingerprint density at radius 2 is 2.38 bits per heavy atom. The average Bonchev–Trinajstić information content (AvgIpc) is 2.78. The topological polar surface area (TPSA) is 58.6 Å². The minimum atomic E-state index is -0.0379. The molecule has 2 aromatic heterocycles. The van der Waals surface area contributed by atoms with Crippen LogP contribution >= 0.6 is 27.3 Å². The van der Waals surface area contributed by atoms with Crippen LogP contribution in [0, 0.1) is 0 Å². The molecule has 2 rings (SSSR count). The molecule has 6 heteroatoms. The second-order valence-corrected chi connectivity index (χ2v) is 5.36. The number of hydrogen-bond donors (Lipinski definition) is 1. The zero-order valence-corrected chi connectivity index (χ0v) is 11.0. The third kappa shape index (κ3) is 2.22. The Morgan fingerprint density at radius 1 is 1.56 bits per heavy atom. The molecular weight excluding hydrogens is 290 g/mol. The normalized spacial score (nSPS) is 12.6. The van der Waals surface area contributed by atoms with Crippen LogP contribution in [0.2, 0.25) is 0 Å². The molecule has 2 aromatic rings. The Morgan fingerprint density at radius 3 is 3.06 bits per heavy atom. The van der Waals surface area contributed by atoms with E-state index in [2.05, 4.69) is 38.0 Å². The van der Waals surface area contributed by atoms with Crippen LogP contribution in [0.5, 0.6) is 0 Å². The molecule has 0 bridgehead atoms. The fourth-order valence-electron chi connectivity index (χ4n) is 1.23. The lowest BCUT2D eigenvalue weighted by atomic mass is 10.3. The summed E-state index contributed by atoms with van der Waals surface area (Å²) in [6.45, 7) is 2.07. The first-order chi connectivity index (χ1) is 7.72. The van der Waals surface area contributed by atoms with E-state index < -0.39 is 0 Å². The summed E-state index contributed by atoms with van der Waals surface area (Å²) in [4.78, 5) is 14.7. The second kappa shape index (κ2) is 4.88. The van der Waals surface area contributed by atoms with Gasteiger partial charge in [0.25, 0.3) is 0 Å².